The van der Waals surface area contributed by atoms with E-state index in [1.165, 1.54) is 17.0 Å². The van der Waals surface area contributed by atoms with Crippen LogP contribution in [0.5, 0.6) is 0 Å². The molecule has 1 aliphatic heterocycles. The molecule has 6 nitrogen and oxygen atoms in total. The highest BCUT2D eigenvalue weighted by atomic mass is 19.1. The minimum Gasteiger partial charge on any atom is -0.354 e. The zero-order chi connectivity index (χ0) is 17.5. The summed E-state index contributed by atoms with van der Waals surface area (Å²) < 4.78 is 12.9. The van der Waals surface area contributed by atoms with Crippen LogP contribution in [0.1, 0.15) is 24.8 Å². The average Bonchev–Trinajstić information content (AvgIpc) is 2.56. The van der Waals surface area contributed by atoms with Gasteiger partial charge in [0, 0.05) is 46.6 Å². The third-order valence-electron chi connectivity index (χ3n) is 3.91. The van der Waals surface area contributed by atoms with Gasteiger partial charge in [0.25, 0.3) is 0 Å². The summed E-state index contributed by atoms with van der Waals surface area (Å²) in [5.74, 6) is 0.168. The van der Waals surface area contributed by atoms with E-state index in [4.69, 9.17) is 0 Å². The maximum Gasteiger partial charge on any atom is 0.229 e. The zero-order valence-corrected chi connectivity index (χ0v) is 14.1. The number of guanidine groups is 1. The van der Waals surface area contributed by atoms with Crippen molar-refractivity contribution in [2.24, 2.45) is 4.99 Å². The molecule has 2 rings (SSSR count). The molecule has 7 heteroatoms. The van der Waals surface area contributed by atoms with Gasteiger partial charge in [-0.05, 0) is 24.1 Å². The van der Waals surface area contributed by atoms with E-state index in [1.54, 1.807) is 19.2 Å². The normalized spacial score (nSPS) is 15.6. The van der Waals surface area contributed by atoms with Gasteiger partial charge in [-0.2, -0.15) is 0 Å². The van der Waals surface area contributed by atoms with Crippen molar-refractivity contribution in [2.75, 3.05) is 27.2 Å². The molecule has 1 fully saturated rings. The number of hydrogen-bond donors (Lipinski definition) is 1. The first-order chi connectivity index (χ1) is 11.5. The van der Waals surface area contributed by atoms with Gasteiger partial charge >= 0.3 is 0 Å². The molecule has 0 aromatic heterocycles. The molecule has 0 radical (unpaired) electrons. The Kier molecular flexibility index (Phi) is 6.28. The van der Waals surface area contributed by atoms with Crippen molar-refractivity contribution < 1.29 is 14.0 Å². The highest BCUT2D eigenvalue weighted by Crippen LogP contribution is 2.11. The largest absolute Gasteiger partial charge is 0.354 e. The number of likely N-dealkylation sites (tertiary alicyclic amines) is 1. The second kappa shape index (κ2) is 8.42. The van der Waals surface area contributed by atoms with Crippen LogP contribution in [0.25, 0.3) is 0 Å². The van der Waals surface area contributed by atoms with Gasteiger partial charge in [0.1, 0.15) is 5.82 Å². The fraction of sp³-hybridized carbons (Fsp3) is 0.471. The van der Waals surface area contributed by atoms with Crippen molar-refractivity contribution in [1.82, 2.24) is 15.1 Å². The Balaban J connectivity index is 1.84. The summed E-state index contributed by atoms with van der Waals surface area (Å²) in [5, 5.41) is 3.14. The predicted octanol–water partition coefficient (Wildman–Crippen LogP) is 1.37. The third kappa shape index (κ3) is 4.78. The van der Waals surface area contributed by atoms with Gasteiger partial charge in [0.15, 0.2) is 5.96 Å². The number of benzene rings is 1. The molecule has 24 heavy (non-hydrogen) atoms. The lowest BCUT2D eigenvalue weighted by molar-refractivity contribution is -0.147. The van der Waals surface area contributed by atoms with Crippen molar-refractivity contribution in [1.29, 1.82) is 0 Å². The van der Waals surface area contributed by atoms with Crippen LogP contribution < -0.4 is 5.32 Å². The van der Waals surface area contributed by atoms with Crippen molar-refractivity contribution in [3.63, 3.8) is 0 Å². The number of carbonyl (C=O) groups excluding carboxylic acids is 2. The maximum absolute atomic E-state index is 12.9. The van der Waals surface area contributed by atoms with Crippen LogP contribution in [0.2, 0.25) is 0 Å². The molecule has 0 spiro atoms. The quantitative estimate of drug-likeness (QED) is 0.502. The first-order valence-corrected chi connectivity index (χ1v) is 8.00. The number of imide groups is 1. The molecule has 1 aromatic carbocycles. The fourth-order valence-corrected chi connectivity index (χ4v) is 2.65. The van der Waals surface area contributed by atoms with E-state index >= 15 is 0 Å². The summed E-state index contributed by atoms with van der Waals surface area (Å²) in [4.78, 5) is 30.9. The van der Waals surface area contributed by atoms with Crippen LogP contribution in [0.3, 0.4) is 0 Å². The van der Waals surface area contributed by atoms with E-state index in [0.29, 0.717) is 44.9 Å². The van der Waals surface area contributed by atoms with E-state index in [9.17, 15) is 14.0 Å². The van der Waals surface area contributed by atoms with Gasteiger partial charge in [0.05, 0.1) is 0 Å². The summed E-state index contributed by atoms with van der Waals surface area (Å²) in [5.41, 5.74) is 0.961. The monoisotopic (exact) mass is 334 g/mol. The molecule has 0 bridgehead atoms. The van der Waals surface area contributed by atoms with Gasteiger partial charge < -0.3 is 10.2 Å². The second-order valence-electron chi connectivity index (χ2n) is 5.75. The summed E-state index contributed by atoms with van der Waals surface area (Å²) in [6.45, 7) is 1.35. The summed E-state index contributed by atoms with van der Waals surface area (Å²) in [7, 11) is 3.54. The van der Waals surface area contributed by atoms with E-state index in [1.807, 2.05) is 11.9 Å². The Morgan fingerprint density at radius 1 is 1.25 bits per heavy atom. The number of amides is 2. The maximum atomic E-state index is 12.9. The Hall–Kier alpha value is -2.44. The third-order valence-corrected chi connectivity index (χ3v) is 3.91. The Bertz CT molecular complexity index is 600. The minimum atomic E-state index is -0.264. The number of nitrogens with zero attached hydrogens (tertiary/aromatic N) is 3. The molecule has 1 saturated heterocycles. The standard InChI is InChI=1S/C17H23FN4O2/c1-19-17(21(2)12-13-6-8-14(18)9-7-13)20-10-11-22-15(23)4-3-5-16(22)24/h6-9H,3-5,10-12H2,1-2H3,(H,19,20). The lowest BCUT2D eigenvalue weighted by atomic mass is 10.1. The van der Waals surface area contributed by atoms with Gasteiger partial charge in [-0.3, -0.25) is 19.5 Å². The van der Waals surface area contributed by atoms with Crippen molar-refractivity contribution in [3.05, 3.63) is 35.6 Å². The van der Waals surface area contributed by atoms with Crippen LogP contribution in [-0.2, 0) is 16.1 Å². The molecule has 0 saturated carbocycles. The molecular formula is C17H23FN4O2. The average molecular weight is 334 g/mol. The lowest BCUT2D eigenvalue weighted by Gasteiger charge is -2.26. The van der Waals surface area contributed by atoms with E-state index in [2.05, 4.69) is 10.3 Å². The molecule has 130 valence electrons. The minimum absolute atomic E-state index is 0.109. The number of aliphatic imine (C=N–C) groups is 1. The molecule has 0 unspecified atom stereocenters. The predicted molar refractivity (Wildman–Crippen MR) is 89.8 cm³/mol. The summed E-state index contributed by atoms with van der Waals surface area (Å²) in [6.07, 6.45) is 1.51. The van der Waals surface area contributed by atoms with Gasteiger partial charge in [-0.25, -0.2) is 4.39 Å². The second-order valence-corrected chi connectivity index (χ2v) is 5.75. The van der Waals surface area contributed by atoms with Gasteiger partial charge in [-0.15, -0.1) is 0 Å². The molecule has 1 heterocycles. The van der Waals surface area contributed by atoms with E-state index < -0.39 is 0 Å². The Morgan fingerprint density at radius 2 is 1.88 bits per heavy atom. The van der Waals surface area contributed by atoms with E-state index in [0.717, 1.165) is 5.56 Å². The molecule has 0 atom stereocenters. The Labute approximate surface area is 141 Å². The van der Waals surface area contributed by atoms with Gasteiger partial charge in [0.2, 0.25) is 11.8 Å². The number of nitrogens with one attached hydrogen (secondary N) is 1. The van der Waals surface area contributed by atoms with Crippen molar-refractivity contribution in [2.45, 2.75) is 25.8 Å². The van der Waals surface area contributed by atoms with Crippen LogP contribution >= 0.6 is 0 Å². The van der Waals surface area contributed by atoms with E-state index in [-0.39, 0.29) is 17.6 Å². The molecule has 2 amide bonds. The molecule has 1 aromatic rings. The first-order valence-electron chi connectivity index (χ1n) is 8.00. The molecule has 1 N–H and O–H groups in total. The number of rotatable bonds is 5. The number of carbonyl (C=O) groups is 2. The van der Waals surface area contributed by atoms with Crippen molar-refractivity contribution in [3.8, 4) is 0 Å². The zero-order valence-electron chi connectivity index (χ0n) is 14.1. The molecule has 0 aliphatic carbocycles. The van der Waals surface area contributed by atoms with Crippen LogP contribution in [0.15, 0.2) is 29.3 Å². The Morgan fingerprint density at radius 3 is 2.46 bits per heavy atom. The van der Waals surface area contributed by atoms with Crippen molar-refractivity contribution >= 4 is 17.8 Å². The summed E-state index contributed by atoms with van der Waals surface area (Å²) in [6, 6.07) is 6.30. The summed E-state index contributed by atoms with van der Waals surface area (Å²) >= 11 is 0. The number of piperidine rings is 1. The molecule has 1 aliphatic rings. The van der Waals surface area contributed by atoms with Crippen LogP contribution in [0, 0.1) is 5.82 Å². The molecular weight excluding hydrogens is 311 g/mol. The van der Waals surface area contributed by atoms with Crippen LogP contribution in [-0.4, -0.2) is 54.8 Å². The lowest BCUT2D eigenvalue weighted by Crippen LogP contribution is -2.46. The smallest absolute Gasteiger partial charge is 0.229 e. The number of hydrogen-bond acceptors (Lipinski definition) is 3. The first kappa shape index (κ1) is 17.9. The number of halogens is 1. The highest BCUT2D eigenvalue weighted by molar-refractivity contribution is 5.97. The topological polar surface area (TPSA) is 65.0 Å². The SMILES string of the molecule is CN=C(NCCN1C(=O)CCCC1=O)N(C)Cc1ccc(F)cc1. The van der Waals surface area contributed by atoms with Crippen LogP contribution in [0.4, 0.5) is 4.39 Å². The highest BCUT2D eigenvalue weighted by Gasteiger charge is 2.25. The van der Waals surface area contributed by atoms with Gasteiger partial charge in [-0.1, -0.05) is 12.1 Å². The fourth-order valence-electron chi connectivity index (χ4n) is 2.65.